The highest BCUT2D eigenvalue weighted by atomic mass is 32.1. The van der Waals surface area contributed by atoms with Crippen molar-refractivity contribution in [3.05, 3.63) is 63.7 Å². The molecule has 0 aliphatic heterocycles. The minimum atomic E-state index is -0.514. The molecular formula is C16H10N6O3S. The number of carbonyl (C=O) groups excluding carboxylic acids is 1. The first kappa shape index (κ1) is 15.8. The van der Waals surface area contributed by atoms with Crippen molar-refractivity contribution >= 4 is 39.7 Å². The topological polar surface area (TPSA) is 127 Å². The zero-order valence-corrected chi connectivity index (χ0v) is 13.9. The molecular weight excluding hydrogens is 356 g/mol. The Bertz CT molecular complexity index is 1100. The number of carbonyl (C=O) groups is 1. The highest BCUT2D eigenvalue weighted by molar-refractivity contribution is 7.03. The average Bonchev–Trinajstić information content (AvgIpc) is 3.31. The number of nitrogens with one attached hydrogen (secondary N) is 2. The average molecular weight is 366 g/mol. The van der Waals surface area contributed by atoms with Crippen molar-refractivity contribution in [2.24, 2.45) is 0 Å². The minimum absolute atomic E-state index is 0.0940. The van der Waals surface area contributed by atoms with Gasteiger partial charge >= 0.3 is 0 Å². The lowest BCUT2D eigenvalue weighted by Crippen LogP contribution is -2.12. The number of aromatic nitrogens is 4. The molecule has 0 bridgehead atoms. The Labute approximate surface area is 150 Å². The van der Waals surface area contributed by atoms with E-state index in [9.17, 15) is 14.9 Å². The molecule has 0 spiro atoms. The molecule has 2 aromatic heterocycles. The molecule has 0 aliphatic rings. The van der Waals surface area contributed by atoms with Crippen LogP contribution in [0, 0.1) is 10.1 Å². The Hall–Kier alpha value is -3.66. The van der Waals surface area contributed by atoms with Crippen LogP contribution < -0.4 is 5.32 Å². The number of nitrogens with zero attached hydrogens (tertiary/aromatic N) is 4. The largest absolute Gasteiger partial charge is 0.321 e. The summed E-state index contributed by atoms with van der Waals surface area (Å²) in [5.74, 6) is -0.458. The standard InChI is InChI=1S/C16H10N6O3S/c23-16(15-12-7-11(22(24)25)5-6-13(12)18-20-15)17-10-3-1-9(2-4-10)14-8-26-21-19-14/h1-8H,(H,17,23)(H,18,20). The van der Waals surface area contributed by atoms with Crippen molar-refractivity contribution in [2.45, 2.75) is 0 Å². The van der Waals surface area contributed by atoms with Crippen molar-refractivity contribution in [1.82, 2.24) is 19.8 Å². The van der Waals surface area contributed by atoms with Crippen molar-refractivity contribution in [2.75, 3.05) is 5.32 Å². The smallest absolute Gasteiger partial charge is 0.276 e. The molecule has 128 valence electrons. The number of hydrogen-bond donors (Lipinski definition) is 2. The fourth-order valence-electron chi connectivity index (χ4n) is 2.49. The molecule has 0 fully saturated rings. The van der Waals surface area contributed by atoms with Crippen molar-refractivity contribution in [3.63, 3.8) is 0 Å². The molecule has 0 saturated carbocycles. The van der Waals surface area contributed by atoms with Crippen LogP contribution in [-0.4, -0.2) is 30.6 Å². The fraction of sp³-hybridized carbons (Fsp3) is 0. The second-order valence-electron chi connectivity index (χ2n) is 5.38. The molecule has 26 heavy (non-hydrogen) atoms. The van der Waals surface area contributed by atoms with Gasteiger partial charge in [0.05, 0.1) is 10.4 Å². The van der Waals surface area contributed by atoms with E-state index in [0.29, 0.717) is 16.6 Å². The summed E-state index contributed by atoms with van der Waals surface area (Å²) in [6.07, 6.45) is 0. The van der Waals surface area contributed by atoms with Gasteiger partial charge in [0, 0.05) is 34.1 Å². The summed E-state index contributed by atoms with van der Waals surface area (Å²) in [6, 6.07) is 11.3. The highest BCUT2D eigenvalue weighted by Gasteiger charge is 2.17. The monoisotopic (exact) mass is 366 g/mol. The van der Waals surface area contributed by atoms with Crippen LogP contribution in [0.15, 0.2) is 47.8 Å². The van der Waals surface area contributed by atoms with Gasteiger partial charge in [-0.05, 0) is 29.7 Å². The molecule has 1 amide bonds. The lowest BCUT2D eigenvalue weighted by atomic mass is 10.1. The molecule has 4 aromatic rings. The van der Waals surface area contributed by atoms with E-state index in [1.807, 2.05) is 17.5 Å². The van der Waals surface area contributed by atoms with Gasteiger partial charge in [-0.25, -0.2) is 0 Å². The second kappa shape index (κ2) is 6.33. The molecule has 2 aromatic carbocycles. The van der Waals surface area contributed by atoms with Crippen molar-refractivity contribution in [3.8, 4) is 11.3 Å². The summed E-state index contributed by atoms with van der Waals surface area (Å²) in [5.41, 5.74) is 2.76. The number of anilines is 1. The van der Waals surface area contributed by atoms with Gasteiger partial charge in [-0.2, -0.15) is 5.10 Å². The first-order valence-corrected chi connectivity index (χ1v) is 8.27. The normalized spacial score (nSPS) is 10.8. The lowest BCUT2D eigenvalue weighted by Gasteiger charge is -2.04. The molecule has 0 saturated heterocycles. The van der Waals surface area contributed by atoms with E-state index >= 15 is 0 Å². The van der Waals surface area contributed by atoms with E-state index in [-0.39, 0.29) is 11.4 Å². The summed E-state index contributed by atoms with van der Waals surface area (Å²) < 4.78 is 3.81. The minimum Gasteiger partial charge on any atom is -0.321 e. The van der Waals surface area contributed by atoms with Gasteiger partial charge in [0.1, 0.15) is 5.69 Å². The number of H-pyrrole nitrogens is 1. The third-order valence-electron chi connectivity index (χ3n) is 3.77. The van der Waals surface area contributed by atoms with Gasteiger partial charge in [0.15, 0.2) is 5.69 Å². The number of hydrogen-bond acceptors (Lipinski definition) is 7. The van der Waals surface area contributed by atoms with Gasteiger partial charge in [-0.1, -0.05) is 16.6 Å². The van der Waals surface area contributed by atoms with E-state index in [2.05, 4.69) is 25.1 Å². The van der Waals surface area contributed by atoms with Crippen molar-refractivity contribution in [1.29, 1.82) is 0 Å². The SMILES string of the molecule is O=C(Nc1ccc(-c2csnn2)cc1)c1n[nH]c2ccc([N+](=O)[O-])cc12. The van der Waals surface area contributed by atoms with E-state index in [1.165, 1.54) is 29.7 Å². The molecule has 0 radical (unpaired) electrons. The fourth-order valence-corrected chi connectivity index (χ4v) is 2.96. The summed E-state index contributed by atoms with van der Waals surface area (Å²) in [4.78, 5) is 22.9. The maximum atomic E-state index is 12.5. The maximum Gasteiger partial charge on any atom is 0.276 e. The zero-order valence-electron chi connectivity index (χ0n) is 13.0. The zero-order chi connectivity index (χ0) is 18.1. The van der Waals surface area contributed by atoms with Crippen LogP contribution in [0.2, 0.25) is 0 Å². The molecule has 4 rings (SSSR count). The Kier molecular flexibility index (Phi) is 3.86. The Morgan fingerprint density at radius 2 is 2.00 bits per heavy atom. The van der Waals surface area contributed by atoms with Crippen LogP contribution in [0.3, 0.4) is 0 Å². The maximum absolute atomic E-state index is 12.5. The van der Waals surface area contributed by atoms with Crippen LogP contribution in [0.1, 0.15) is 10.5 Å². The van der Waals surface area contributed by atoms with Gasteiger partial charge in [0.2, 0.25) is 0 Å². The summed E-state index contributed by atoms with van der Waals surface area (Å²) >= 11 is 1.26. The molecule has 2 heterocycles. The van der Waals surface area contributed by atoms with Crippen molar-refractivity contribution < 1.29 is 9.72 Å². The number of non-ortho nitro benzene ring substituents is 1. The Balaban J connectivity index is 1.59. The van der Waals surface area contributed by atoms with Crippen LogP contribution in [0.25, 0.3) is 22.2 Å². The third kappa shape index (κ3) is 2.89. The lowest BCUT2D eigenvalue weighted by molar-refractivity contribution is -0.384. The predicted molar refractivity (Wildman–Crippen MR) is 96.0 cm³/mol. The second-order valence-corrected chi connectivity index (χ2v) is 5.99. The van der Waals surface area contributed by atoms with Gasteiger partial charge in [-0.15, -0.1) is 5.10 Å². The number of nitro benzene ring substituents is 1. The van der Waals surface area contributed by atoms with Gasteiger partial charge < -0.3 is 5.32 Å². The number of aromatic amines is 1. The third-order valence-corrected chi connectivity index (χ3v) is 4.28. The molecule has 9 nitrogen and oxygen atoms in total. The summed E-state index contributed by atoms with van der Waals surface area (Å²) in [5, 5.41) is 26.5. The Morgan fingerprint density at radius 1 is 1.19 bits per heavy atom. The molecule has 0 atom stereocenters. The molecule has 2 N–H and O–H groups in total. The van der Waals surface area contributed by atoms with E-state index in [1.54, 1.807) is 12.1 Å². The predicted octanol–water partition coefficient (Wildman–Crippen LogP) is 3.24. The molecule has 0 aliphatic carbocycles. The van der Waals surface area contributed by atoms with Crippen LogP contribution >= 0.6 is 11.5 Å². The highest BCUT2D eigenvalue weighted by Crippen LogP contribution is 2.24. The van der Waals surface area contributed by atoms with Crippen LogP contribution in [0.5, 0.6) is 0 Å². The first-order valence-electron chi connectivity index (χ1n) is 7.43. The Morgan fingerprint density at radius 3 is 2.69 bits per heavy atom. The van der Waals surface area contributed by atoms with Crippen LogP contribution in [-0.2, 0) is 0 Å². The quantitative estimate of drug-likeness (QED) is 0.422. The van der Waals surface area contributed by atoms with Gasteiger partial charge in [0.25, 0.3) is 11.6 Å². The number of fused-ring (bicyclic) bond motifs is 1. The number of amides is 1. The van der Waals surface area contributed by atoms with E-state index in [4.69, 9.17) is 0 Å². The number of rotatable bonds is 4. The molecule has 10 heteroatoms. The van der Waals surface area contributed by atoms with Gasteiger partial charge in [-0.3, -0.25) is 20.0 Å². The molecule has 0 unspecified atom stereocenters. The number of benzene rings is 2. The summed E-state index contributed by atoms with van der Waals surface area (Å²) in [7, 11) is 0. The summed E-state index contributed by atoms with van der Waals surface area (Å²) in [6.45, 7) is 0. The first-order chi connectivity index (χ1) is 12.6. The van der Waals surface area contributed by atoms with E-state index < -0.39 is 10.8 Å². The van der Waals surface area contributed by atoms with Crippen LogP contribution in [0.4, 0.5) is 11.4 Å². The van der Waals surface area contributed by atoms with E-state index in [0.717, 1.165) is 11.3 Å². The number of nitro groups is 1.